The molecule has 2 aliphatic rings. The fourth-order valence-corrected chi connectivity index (χ4v) is 5.13. The molecule has 2 aliphatic heterocycles. The molecule has 0 aliphatic carbocycles. The molecule has 4 heterocycles. The van der Waals surface area contributed by atoms with E-state index in [4.69, 9.17) is 14.2 Å². The lowest BCUT2D eigenvalue weighted by atomic mass is 9.84. The van der Waals surface area contributed by atoms with Crippen molar-refractivity contribution in [2.45, 2.75) is 38.6 Å². The molecular weight excluding hydrogens is 392 g/mol. The summed E-state index contributed by atoms with van der Waals surface area (Å²) in [7, 11) is 0. The van der Waals surface area contributed by atoms with E-state index in [1.807, 2.05) is 38.1 Å². The van der Waals surface area contributed by atoms with Gasteiger partial charge in [-0.05, 0) is 49.9 Å². The molecule has 1 atom stereocenters. The Balaban J connectivity index is 1.27. The van der Waals surface area contributed by atoms with Gasteiger partial charge in [-0.3, -0.25) is 0 Å². The predicted octanol–water partition coefficient (Wildman–Crippen LogP) is 4.35. The molecule has 2 N–H and O–H groups in total. The van der Waals surface area contributed by atoms with Crippen molar-refractivity contribution in [2.24, 2.45) is 0 Å². The number of fused-ring (bicyclic) bond motifs is 3. The Kier molecular flexibility index (Phi) is 4.00. The van der Waals surface area contributed by atoms with Crippen LogP contribution in [-0.4, -0.2) is 33.3 Å². The Morgan fingerprint density at radius 3 is 2.71 bits per heavy atom. The maximum Gasteiger partial charge on any atom is 0.203 e. The maximum absolute atomic E-state index is 10.4. The van der Waals surface area contributed by atoms with Crippen molar-refractivity contribution in [2.75, 3.05) is 18.0 Å². The third-order valence-corrected chi connectivity index (χ3v) is 6.72. The van der Waals surface area contributed by atoms with Gasteiger partial charge in [-0.25, -0.2) is 4.98 Å². The Labute approximate surface area is 179 Å². The highest BCUT2D eigenvalue weighted by molar-refractivity contribution is 5.84. The zero-order chi connectivity index (χ0) is 21.2. The number of piperidine rings is 1. The summed E-state index contributed by atoms with van der Waals surface area (Å²) < 4.78 is 11.4. The molecule has 4 aromatic rings. The SMILES string of the molecule is Cc1noc(C)c1-c1ccc2nc(N3CCC4(CC3)OC(O)c3ccccc34)[nH]c2c1. The molecule has 2 aromatic heterocycles. The van der Waals surface area contributed by atoms with Gasteiger partial charge in [0.15, 0.2) is 6.29 Å². The zero-order valence-electron chi connectivity index (χ0n) is 17.6. The number of hydrogen-bond acceptors (Lipinski definition) is 6. The van der Waals surface area contributed by atoms with Crippen LogP contribution in [0.5, 0.6) is 0 Å². The number of benzene rings is 2. The van der Waals surface area contributed by atoms with E-state index in [0.29, 0.717) is 0 Å². The number of ether oxygens (including phenoxy) is 1. The molecule has 0 amide bonds. The number of H-pyrrole nitrogens is 1. The van der Waals surface area contributed by atoms with Crippen molar-refractivity contribution in [3.05, 3.63) is 65.0 Å². The summed E-state index contributed by atoms with van der Waals surface area (Å²) in [5, 5.41) is 14.4. The topological polar surface area (TPSA) is 87.4 Å². The van der Waals surface area contributed by atoms with Crippen LogP contribution in [0.4, 0.5) is 5.95 Å². The lowest BCUT2D eigenvalue weighted by molar-refractivity contribution is -0.180. The van der Waals surface area contributed by atoms with Crippen LogP contribution in [0.15, 0.2) is 47.0 Å². The zero-order valence-corrected chi connectivity index (χ0v) is 17.6. The smallest absolute Gasteiger partial charge is 0.203 e. The van der Waals surface area contributed by atoms with Crippen LogP contribution in [-0.2, 0) is 10.3 Å². The summed E-state index contributed by atoms with van der Waals surface area (Å²) in [6, 6.07) is 14.2. The minimum Gasteiger partial charge on any atom is -0.364 e. The molecular formula is C24H24N4O3. The second-order valence-electron chi connectivity index (χ2n) is 8.53. The van der Waals surface area contributed by atoms with Gasteiger partial charge in [0.1, 0.15) is 11.4 Å². The minimum absolute atomic E-state index is 0.408. The standard InChI is InChI=1S/C24H24N4O3/c1-14-21(15(2)31-27-14)16-7-8-19-20(13-16)26-23(25-19)28-11-9-24(10-12-28)18-6-4-3-5-17(18)22(29)30-24/h3-8,13,22,29H,9-12H2,1-2H3,(H,25,26). The molecule has 7 nitrogen and oxygen atoms in total. The number of anilines is 1. The summed E-state index contributed by atoms with van der Waals surface area (Å²) in [6.45, 7) is 5.50. The van der Waals surface area contributed by atoms with Crippen LogP contribution in [0.1, 0.15) is 41.7 Å². The van der Waals surface area contributed by atoms with Crippen LogP contribution in [0.2, 0.25) is 0 Å². The van der Waals surface area contributed by atoms with E-state index in [1.54, 1.807) is 0 Å². The molecule has 6 rings (SSSR count). The number of aryl methyl sites for hydroxylation is 2. The highest BCUT2D eigenvalue weighted by atomic mass is 16.6. The number of aromatic amines is 1. The Morgan fingerprint density at radius 1 is 1.13 bits per heavy atom. The second-order valence-corrected chi connectivity index (χ2v) is 8.53. The second kappa shape index (κ2) is 6.67. The monoisotopic (exact) mass is 416 g/mol. The number of aliphatic hydroxyl groups is 1. The minimum atomic E-state index is -0.836. The highest BCUT2D eigenvalue weighted by Crippen LogP contribution is 2.48. The van der Waals surface area contributed by atoms with Crippen molar-refractivity contribution < 1.29 is 14.4 Å². The van der Waals surface area contributed by atoms with Crippen molar-refractivity contribution in [3.63, 3.8) is 0 Å². The molecule has 1 unspecified atom stereocenters. The summed E-state index contributed by atoms with van der Waals surface area (Å²) in [5.74, 6) is 1.68. The maximum atomic E-state index is 10.4. The average Bonchev–Trinajstić information content (AvgIpc) is 3.43. The summed E-state index contributed by atoms with van der Waals surface area (Å²) in [4.78, 5) is 10.6. The molecule has 0 saturated carbocycles. The Morgan fingerprint density at radius 2 is 1.94 bits per heavy atom. The Hall–Kier alpha value is -3.16. The lowest BCUT2D eigenvalue weighted by Crippen LogP contribution is -2.43. The first kappa shape index (κ1) is 18.6. The van der Waals surface area contributed by atoms with Crippen LogP contribution >= 0.6 is 0 Å². The number of aromatic nitrogens is 3. The molecule has 0 radical (unpaired) electrons. The van der Waals surface area contributed by atoms with E-state index in [0.717, 1.165) is 76.6 Å². The highest BCUT2D eigenvalue weighted by Gasteiger charge is 2.46. The quantitative estimate of drug-likeness (QED) is 0.505. The van der Waals surface area contributed by atoms with Crippen molar-refractivity contribution in [3.8, 4) is 11.1 Å². The van der Waals surface area contributed by atoms with E-state index < -0.39 is 11.9 Å². The van der Waals surface area contributed by atoms with Gasteiger partial charge >= 0.3 is 0 Å². The van der Waals surface area contributed by atoms with Gasteiger partial charge in [0, 0.05) is 24.2 Å². The van der Waals surface area contributed by atoms with E-state index >= 15 is 0 Å². The predicted molar refractivity (Wildman–Crippen MR) is 117 cm³/mol. The van der Waals surface area contributed by atoms with Crippen LogP contribution in [0, 0.1) is 13.8 Å². The molecule has 7 heteroatoms. The van der Waals surface area contributed by atoms with Gasteiger partial charge in [0.25, 0.3) is 0 Å². The molecule has 158 valence electrons. The first-order valence-corrected chi connectivity index (χ1v) is 10.7. The van der Waals surface area contributed by atoms with Crippen molar-refractivity contribution >= 4 is 17.0 Å². The summed E-state index contributed by atoms with van der Waals surface area (Å²) in [5.41, 5.74) is 6.53. The number of rotatable bonds is 2. The average molecular weight is 416 g/mol. The number of hydrogen-bond donors (Lipinski definition) is 2. The van der Waals surface area contributed by atoms with Gasteiger partial charge in [-0.15, -0.1) is 0 Å². The molecule has 1 fully saturated rings. The molecule has 2 aromatic carbocycles. The van der Waals surface area contributed by atoms with Gasteiger partial charge in [-0.2, -0.15) is 0 Å². The normalized spacial score (nSPS) is 20.0. The molecule has 0 bridgehead atoms. The number of aliphatic hydroxyl groups excluding tert-OH is 1. The van der Waals surface area contributed by atoms with Crippen molar-refractivity contribution in [1.82, 2.24) is 15.1 Å². The fourth-order valence-electron chi connectivity index (χ4n) is 5.13. The third-order valence-electron chi connectivity index (χ3n) is 6.72. The Bertz CT molecular complexity index is 1260. The number of imidazole rings is 1. The van der Waals surface area contributed by atoms with Gasteiger partial charge in [0.2, 0.25) is 5.95 Å². The largest absolute Gasteiger partial charge is 0.364 e. The van der Waals surface area contributed by atoms with Crippen LogP contribution in [0.3, 0.4) is 0 Å². The van der Waals surface area contributed by atoms with Gasteiger partial charge in [-0.1, -0.05) is 35.5 Å². The summed E-state index contributed by atoms with van der Waals surface area (Å²) >= 11 is 0. The fraction of sp³-hybridized carbons (Fsp3) is 0.333. The molecule has 1 spiro atoms. The van der Waals surface area contributed by atoms with Gasteiger partial charge < -0.3 is 24.3 Å². The molecule has 1 saturated heterocycles. The third kappa shape index (κ3) is 2.80. The molecule has 31 heavy (non-hydrogen) atoms. The van der Waals surface area contributed by atoms with Crippen molar-refractivity contribution in [1.29, 1.82) is 0 Å². The van der Waals surface area contributed by atoms with E-state index in [-0.39, 0.29) is 0 Å². The lowest BCUT2D eigenvalue weighted by Gasteiger charge is -2.39. The van der Waals surface area contributed by atoms with Crippen LogP contribution < -0.4 is 4.90 Å². The van der Waals surface area contributed by atoms with Gasteiger partial charge in [0.05, 0.1) is 16.7 Å². The summed E-state index contributed by atoms with van der Waals surface area (Å²) in [6.07, 6.45) is 0.780. The van der Waals surface area contributed by atoms with Crippen LogP contribution in [0.25, 0.3) is 22.2 Å². The first-order chi connectivity index (χ1) is 15.0. The number of nitrogens with zero attached hydrogens (tertiary/aromatic N) is 3. The van der Waals surface area contributed by atoms with E-state index in [2.05, 4.69) is 33.2 Å². The number of nitrogens with one attached hydrogen (secondary N) is 1. The van der Waals surface area contributed by atoms with E-state index in [1.165, 1.54) is 0 Å². The first-order valence-electron chi connectivity index (χ1n) is 10.7. The van der Waals surface area contributed by atoms with E-state index in [9.17, 15) is 5.11 Å².